The van der Waals surface area contributed by atoms with Gasteiger partial charge in [0.15, 0.2) is 18.2 Å². The minimum Gasteiger partial charge on any atom is -0.484 e. The molecule has 3 aromatic rings. The zero-order valence-corrected chi connectivity index (χ0v) is 15.1. The molecule has 0 saturated carbocycles. The smallest absolute Gasteiger partial charge is 0.289 e. The van der Waals surface area contributed by atoms with E-state index in [1.165, 1.54) is 6.26 Å². The lowest BCUT2D eigenvalue weighted by atomic mass is 9.81. The van der Waals surface area contributed by atoms with Crippen molar-refractivity contribution in [2.45, 2.75) is 31.8 Å². The van der Waals surface area contributed by atoms with Crippen LogP contribution in [0.1, 0.15) is 42.0 Å². The predicted octanol–water partition coefficient (Wildman–Crippen LogP) is 3.44. The maximum Gasteiger partial charge on any atom is 0.289 e. The van der Waals surface area contributed by atoms with Crippen LogP contribution in [-0.2, 0) is 12.0 Å². The van der Waals surface area contributed by atoms with Crippen LogP contribution in [0.3, 0.4) is 0 Å². The fourth-order valence-corrected chi connectivity index (χ4v) is 3.37. The van der Waals surface area contributed by atoms with Crippen molar-refractivity contribution in [3.63, 3.8) is 0 Å². The maximum atomic E-state index is 12.6. The number of para-hydroxylation sites is 1. The van der Waals surface area contributed by atoms with Gasteiger partial charge in [-0.2, -0.15) is 4.98 Å². The lowest BCUT2D eigenvalue weighted by Crippen LogP contribution is -2.47. The van der Waals surface area contributed by atoms with E-state index in [4.69, 9.17) is 13.7 Å². The number of carbonyl (C=O) groups excluding carboxylic acids is 1. The van der Waals surface area contributed by atoms with E-state index >= 15 is 0 Å². The lowest BCUT2D eigenvalue weighted by molar-refractivity contribution is 0.0610. The first kappa shape index (κ1) is 17.3. The first-order valence-corrected chi connectivity index (χ1v) is 8.98. The summed E-state index contributed by atoms with van der Waals surface area (Å²) in [6.07, 6.45) is 3.26. The summed E-state index contributed by atoms with van der Waals surface area (Å²) in [6.45, 7) is 3.48. The highest BCUT2D eigenvalue weighted by atomic mass is 16.5. The number of nitrogens with zero attached hydrogens (tertiary/aromatic N) is 3. The van der Waals surface area contributed by atoms with Crippen molar-refractivity contribution in [2.24, 2.45) is 0 Å². The van der Waals surface area contributed by atoms with Crippen molar-refractivity contribution >= 4 is 5.91 Å². The summed E-state index contributed by atoms with van der Waals surface area (Å²) in [4.78, 5) is 18.9. The van der Waals surface area contributed by atoms with E-state index in [9.17, 15) is 4.79 Å². The van der Waals surface area contributed by atoms with Gasteiger partial charge >= 0.3 is 0 Å². The number of carbonyl (C=O) groups is 1. The molecule has 1 aliphatic rings. The van der Waals surface area contributed by atoms with Crippen molar-refractivity contribution in [2.75, 3.05) is 13.1 Å². The average Bonchev–Trinajstić information content (AvgIpc) is 3.39. The summed E-state index contributed by atoms with van der Waals surface area (Å²) in [7, 11) is 0. The van der Waals surface area contributed by atoms with Crippen LogP contribution in [0.5, 0.6) is 5.75 Å². The molecule has 1 atom stereocenters. The third kappa shape index (κ3) is 3.72. The Morgan fingerprint density at radius 1 is 1.26 bits per heavy atom. The monoisotopic (exact) mass is 367 g/mol. The Labute approximate surface area is 156 Å². The van der Waals surface area contributed by atoms with Crippen molar-refractivity contribution in [1.29, 1.82) is 0 Å². The molecule has 1 aliphatic heterocycles. The molecule has 140 valence electrons. The number of benzene rings is 1. The second-order valence-corrected chi connectivity index (χ2v) is 6.98. The number of amides is 1. The third-order valence-electron chi connectivity index (χ3n) is 4.83. The summed E-state index contributed by atoms with van der Waals surface area (Å²) >= 11 is 0. The standard InChI is InChI=1S/C20H21N3O4/c1-20(10-6-11-23(14-20)18(24)16-9-5-12-25-16)19-21-17(27-22-19)13-26-15-7-3-2-4-8-15/h2-5,7-9,12H,6,10-11,13-14H2,1H3. The van der Waals surface area contributed by atoms with Gasteiger partial charge in [-0.05, 0) is 37.1 Å². The summed E-state index contributed by atoms with van der Waals surface area (Å²) in [6, 6.07) is 12.9. The van der Waals surface area contributed by atoms with Crippen LogP contribution in [0, 0.1) is 0 Å². The molecule has 0 aliphatic carbocycles. The Hall–Kier alpha value is -3.09. The number of hydrogen-bond donors (Lipinski definition) is 0. The van der Waals surface area contributed by atoms with Crippen LogP contribution < -0.4 is 4.74 Å². The van der Waals surface area contributed by atoms with Gasteiger partial charge in [-0.25, -0.2) is 0 Å². The summed E-state index contributed by atoms with van der Waals surface area (Å²) in [5.74, 6) is 2.01. The molecule has 1 fully saturated rings. The molecule has 1 aromatic carbocycles. The Bertz CT molecular complexity index is 891. The summed E-state index contributed by atoms with van der Waals surface area (Å²) in [5, 5.41) is 4.15. The van der Waals surface area contributed by atoms with Crippen molar-refractivity contribution in [3.05, 3.63) is 66.2 Å². The van der Waals surface area contributed by atoms with Gasteiger partial charge in [0.2, 0.25) is 0 Å². The Morgan fingerprint density at radius 2 is 2.11 bits per heavy atom. The van der Waals surface area contributed by atoms with E-state index in [-0.39, 0.29) is 17.9 Å². The van der Waals surface area contributed by atoms with Crippen LogP contribution in [0.2, 0.25) is 0 Å². The zero-order valence-electron chi connectivity index (χ0n) is 15.1. The number of furan rings is 1. The fraction of sp³-hybridized carbons (Fsp3) is 0.350. The molecule has 1 saturated heterocycles. The van der Waals surface area contributed by atoms with E-state index in [2.05, 4.69) is 17.1 Å². The largest absolute Gasteiger partial charge is 0.484 e. The summed E-state index contributed by atoms with van der Waals surface area (Å²) in [5.41, 5.74) is -0.366. The Morgan fingerprint density at radius 3 is 2.89 bits per heavy atom. The first-order valence-electron chi connectivity index (χ1n) is 8.98. The van der Waals surface area contributed by atoms with Crippen LogP contribution >= 0.6 is 0 Å². The number of rotatable bonds is 5. The molecule has 7 nitrogen and oxygen atoms in total. The summed E-state index contributed by atoms with van der Waals surface area (Å²) < 4.78 is 16.3. The highest BCUT2D eigenvalue weighted by molar-refractivity contribution is 5.91. The van der Waals surface area contributed by atoms with E-state index in [1.54, 1.807) is 17.0 Å². The first-order chi connectivity index (χ1) is 13.1. The van der Waals surface area contributed by atoms with E-state index in [1.807, 2.05) is 30.3 Å². The topological polar surface area (TPSA) is 81.6 Å². The number of ether oxygens (including phenoxy) is 1. The number of likely N-dealkylation sites (tertiary alicyclic amines) is 1. The number of hydrogen-bond acceptors (Lipinski definition) is 6. The molecule has 27 heavy (non-hydrogen) atoms. The van der Waals surface area contributed by atoms with Crippen LogP contribution in [0.4, 0.5) is 0 Å². The van der Waals surface area contributed by atoms with Gasteiger partial charge in [-0.15, -0.1) is 0 Å². The SMILES string of the molecule is CC1(c2noc(COc3ccccc3)n2)CCCN(C(=O)c2ccco2)C1. The number of piperidine rings is 1. The van der Waals surface area contributed by atoms with Gasteiger partial charge in [-0.1, -0.05) is 30.3 Å². The maximum absolute atomic E-state index is 12.6. The molecule has 4 rings (SSSR count). The van der Waals surface area contributed by atoms with E-state index in [0.29, 0.717) is 30.6 Å². The van der Waals surface area contributed by atoms with Gasteiger partial charge in [-0.3, -0.25) is 4.79 Å². The second-order valence-electron chi connectivity index (χ2n) is 6.98. The van der Waals surface area contributed by atoms with E-state index in [0.717, 1.165) is 18.6 Å². The predicted molar refractivity (Wildman–Crippen MR) is 96.3 cm³/mol. The lowest BCUT2D eigenvalue weighted by Gasteiger charge is -2.38. The zero-order chi connectivity index (χ0) is 18.7. The third-order valence-corrected chi connectivity index (χ3v) is 4.83. The minimum absolute atomic E-state index is 0.109. The molecule has 0 spiro atoms. The van der Waals surface area contributed by atoms with Gasteiger partial charge in [0.05, 0.1) is 6.26 Å². The fourth-order valence-electron chi connectivity index (χ4n) is 3.37. The van der Waals surface area contributed by atoms with Gasteiger partial charge in [0.25, 0.3) is 11.8 Å². The van der Waals surface area contributed by atoms with Crippen LogP contribution in [0.15, 0.2) is 57.7 Å². The van der Waals surface area contributed by atoms with Crippen molar-refractivity contribution < 1.29 is 18.5 Å². The quantitative estimate of drug-likeness (QED) is 0.687. The Kier molecular flexibility index (Phi) is 4.66. The Balaban J connectivity index is 1.44. The molecule has 0 bridgehead atoms. The van der Waals surface area contributed by atoms with Crippen LogP contribution in [-0.4, -0.2) is 34.0 Å². The molecule has 3 heterocycles. The van der Waals surface area contributed by atoms with Gasteiger partial charge in [0.1, 0.15) is 5.75 Å². The van der Waals surface area contributed by atoms with Crippen LogP contribution in [0.25, 0.3) is 0 Å². The molecule has 1 amide bonds. The highest BCUT2D eigenvalue weighted by Gasteiger charge is 2.39. The minimum atomic E-state index is -0.366. The molecule has 0 radical (unpaired) electrons. The molecule has 1 unspecified atom stereocenters. The molecule has 2 aromatic heterocycles. The average molecular weight is 367 g/mol. The normalized spacial score (nSPS) is 19.8. The number of aromatic nitrogens is 2. The molecular weight excluding hydrogens is 346 g/mol. The highest BCUT2D eigenvalue weighted by Crippen LogP contribution is 2.32. The van der Waals surface area contributed by atoms with Gasteiger partial charge < -0.3 is 18.6 Å². The molecule has 0 N–H and O–H groups in total. The van der Waals surface area contributed by atoms with Crippen molar-refractivity contribution in [1.82, 2.24) is 15.0 Å². The van der Waals surface area contributed by atoms with Gasteiger partial charge in [0, 0.05) is 18.5 Å². The molecule has 7 heteroatoms. The second kappa shape index (κ2) is 7.26. The molecular formula is C20H21N3O4. The van der Waals surface area contributed by atoms with E-state index < -0.39 is 0 Å². The van der Waals surface area contributed by atoms with Crippen molar-refractivity contribution in [3.8, 4) is 5.75 Å².